The minimum atomic E-state index is -3.11. The zero-order chi connectivity index (χ0) is 18.3. The smallest absolute Gasteiger partial charge is 0.254 e. The van der Waals surface area contributed by atoms with E-state index < -0.39 is 9.84 Å². The minimum Gasteiger partial charge on any atom is -0.375 e. The molecule has 0 fully saturated rings. The molecule has 1 atom stereocenters. The van der Waals surface area contributed by atoms with Gasteiger partial charge in [-0.05, 0) is 44.5 Å². The molecule has 1 aromatic rings. The Balaban J connectivity index is 2.89. The van der Waals surface area contributed by atoms with Crippen LogP contribution in [0.5, 0.6) is 0 Å². The van der Waals surface area contributed by atoms with Crippen LogP contribution in [0.3, 0.4) is 0 Å². The van der Waals surface area contributed by atoms with Crippen molar-refractivity contribution in [1.82, 2.24) is 4.90 Å². The first-order valence-electron chi connectivity index (χ1n) is 8.58. The lowest BCUT2D eigenvalue weighted by Gasteiger charge is -2.28. The highest BCUT2D eigenvalue weighted by Gasteiger charge is 2.24. The third-order valence-corrected chi connectivity index (χ3v) is 6.05. The van der Waals surface area contributed by atoms with E-state index in [1.54, 1.807) is 18.7 Å². The number of anilines is 1. The predicted molar refractivity (Wildman–Crippen MR) is 101 cm³/mol. The van der Waals surface area contributed by atoms with Gasteiger partial charge in [-0.15, -0.1) is 0 Å². The number of rotatable bonds is 9. The molecule has 0 aliphatic heterocycles. The average molecular weight is 355 g/mol. The molecule has 24 heavy (non-hydrogen) atoms. The third kappa shape index (κ3) is 5.51. The minimum absolute atomic E-state index is 0.000398. The maximum atomic E-state index is 12.7. The zero-order valence-corrected chi connectivity index (χ0v) is 16.3. The normalized spacial score (nSPS) is 12.7. The number of nitrogens with zero attached hydrogens (tertiary/aromatic N) is 2. The van der Waals surface area contributed by atoms with Crippen LogP contribution in [0.4, 0.5) is 5.69 Å². The van der Waals surface area contributed by atoms with Gasteiger partial charge in [0, 0.05) is 43.2 Å². The summed E-state index contributed by atoms with van der Waals surface area (Å²) in [6.45, 7) is 8.86. The topological polar surface area (TPSA) is 57.7 Å². The molecule has 0 aliphatic rings. The van der Waals surface area contributed by atoms with Gasteiger partial charge in [-0.1, -0.05) is 13.8 Å². The van der Waals surface area contributed by atoms with E-state index in [4.69, 9.17) is 0 Å². The molecule has 0 N–H and O–H groups in total. The zero-order valence-electron chi connectivity index (χ0n) is 15.4. The van der Waals surface area contributed by atoms with Crippen LogP contribution in [0.25, 0.3) is 0 Å². The summed E-state index contributed by atoms with van der Waals surface area (Å²) in [6.07, 6.45) is 1.06. The fourth-order valence-electron chi connectivity index (χ4n) is 2.72. The van der Waals surface area contributed by atoms with Gasteiger partial charge in [0.15, 0.2) is 9.84 Å². The Morgan fingerprint density at radius 3 is 2.17 bits per heavy atom. The largest absolute Gasteiger partial charge is 0.375 e. The molecule has 6 heteroatoms. The standard InChI is InChI=1S/C18H30N2O3S/c1-6-13-19(5)17-11-9-16(10-12-17)18(21)20(7-2)15(4)14-24(22,23)8-3/h9-12,15H,6-8,13-14H2,1-5H3. The molecule has 1 aromatic carbocycles. The van der Waals surface area contributed by atoms with Crippen molar-refractivity contribution < 1.29 is 13.2 Å². The summed E-state index contributed by atoms with van der Waals surface area (Å²) in [7, 11) is -1.09. The van der Waals surface area contributed by atoms with Crippen LogP contribution in [-0.2, 0) is 9.84 Å². The number of amides is 1. The van der Waals surface area contributed by atoms with E-state index in [1.165, 1.54) is 0 Å². The number of sulfone groups is 1. The molecule has 0 aromatic heterocycles. The summed E-state index contributed by atoms with van der Waals surface area (Å²) in [6, 6.07) is 7.16. The van der Waals surface area contributed by atoms with Crippen LogP contribution in [-0.4, -0.2) is 56.9 Å². The van der Waals surface area contributed by atoms with Crippen molar-refractivity contribution in [3.8, 4) is 0 Å². The molecule has 0 heterocycles. The first-order valence-corrected chi connectivity index (χ1v) is 10.4. The first-order chi connectivity index (χ1) is 11.3. The Morgan fingerprint density at radius 2 is 1.71 bits per heavy atom. The molecule has 0 radical (unpaired) electrons. The van der Waals surface area contributed by atoms with Gasteiger partial charge in [0.05, 0.1) is 5.75 Å². The number of hydrogen-bond acceptors (Lipinski definition) is 4. The average Bonchev–Trinajstić information content (AvgIpc) is 2.55. The van der Waals surface area contributed by atoms with Gasteiger partial charge in [0.25, 0.3) is 5.91 Å². The van der Waals surface area contributed by atoms with Gasteiger partial charge < -0.3 is 9.80 Å². The van der Waals surface area contributed by atoms with Crippen molar-refractivity contribution in [2.75, 3.05) is 36.5 Å². The number of benzene rings is 1. The summed E-state index contributed by atoms with van der Waals surface area (Å²) < 4.78 is 23.7. The summed E-state index contributed by atoms with van der Waals surface area (Å²) in [5, 5.41) is 0. The Labute approximate surface area is 146 Å². The van der Waals surface area contributed by atoms with Crippen molar-refractivity contribution in [3.05, 3.63) is 29.8 Å². The molecular formula is C18H30N2O3S. The quantitative estimate of drug-likeness (QED) is 0.684. The summed E-state index contributed by atoms with van der Waals surface area (Å²) in [5.41, 5.74) is 1.66. The Hall–Kier alpha value is -1.56. The van der Waals surface area contributed by atoms with Crippen LogP contribution in [0.2, 0.25) is 0 Å². The fraction of sp³-hybridized carbons (Fsp3) is 0.611. The molecule has 0 spiro atoms. The van der Waals surface area contributed by atoms with Gasteiger partial charge >= 0.3 is 0 Å². The molecule has 1 amide bonds. The van der Waals surface area contributed by atoms with E-state index >= 15 is 0 Å². The lowest BCUT2D eigenvalue weighted by Crippen LogP contribution is -2.42. The molecule has 0 aliphatic carbocycles. The SMILES string of the molecule is CCCN(C)c1ccc(C(=O)N(CC)C(C)CS(=O)(=O)CC)cc1. The summed E-state index contributed by atoms with van der Waals surface area (Å²) in [5.74, 6) is -0.0249. The first kappa shape index (κ1) is 20.5. The maximum Gasteiger partial charge on any atom is 0.254 e. The predicted octanol–water partition coefficient (Wildman–Crippen LogP) is 2.82. The van der Waals surface area contributed by atoms with E-state index in [0.717, 1.165) is 18.7 Å². The highest BCUT2D eigenvalue weighted by molar-refractivity contribution is 7.91. The van der Waals surface area contributed by atoms with Crippen LogP contribution in [0.15, 0.2) is 24.3 Å². The monoisotopic (exact) mass is 354 g/mol. The molecule has 1 unspecified atom stereocenters. The van der Waals surface area contributed by atoms with E-state index in [0.29, 0.717) is 12.1 Å². The van der Waals surface area contributed by atoms with Gasteiger partial charge in [0.1, 0.15) is 0 Å². The van der Waals surface area contributed by atoms with Gasteiger partial charge in [0.2, 0.25) is 0 Å². The molecule has 136 valence electrons. The van der Waals surface area contributed by atoms with Gasteiger partial charge in [-0.25, -0.2) is 8.42 Å². The highest BCUT2D eigenvalue weighted by atomic mass is 32.2. The van der Waals surface area contributed by atoms with E-state index in [2.05, 4.69) is 11.8 Å². The summed E-state index contributed by atoms with van der Waals surface area (Å²) >= 11 is 0. The van der Waals surface area contributed by atoms with Crippen LogP contribution < -0.4 is 4.90 Å². The van der Waals surface area contributed by atoms with Crippen molar-refractivity contribution >= 4 is 21.4 Å². The Morgan fingerprint density at radius 1 is 1.12 bits per heavy atom. The van der Waals surface area contributed by atoms with Crippen molar-refractivity contribution in [3.63, 3.8) is 0 Å². The van der Waals surface area contributed by atoms with Crippen LogP contribution in [0.1, 0.15) is 44.5 Å². The Bertz CT molecular complexity index is 626. The lowest BCUT2D eigenvalue weighted by molar-refractivity contribution is 0.0719. The van der Waals surface area contributed by atoms with Crippen LogP contribution >= 0.6 is 0 Å². The molecule has 5 nitrogen and oxygen atoms in total. The lowest BCUT2D eigenvalue weighted by atomic mass is 10.1. The number of carbonyl (C=O) groups is 1. The van der Waals surface area contributed by atoms with Gasteiger partial charge in [-0.3, -0.25) is 4.79 Å². The van der Waals surface area contributed by atoms with E-state index in [9.17, 15) is 13.2 Å². The molecule has 0 bridgehead atoms. The Kier molecular flexibility index (Phi) is 7.73. The van der Waals surface area contributed by atoms with Crippen molar-refractivity contribution in [2.24, 2.45) is 0 Å². The van der Waals surface area contributed by atoms with Crippen molar-refractivity contribution in [1.29, 1.82) is 0 Å². The second-order valence-corrected chi connectivity index (χ2v) is 8.51. The second-order valence-electron chi connectivity index (χ2n) is 6.11. The number of carbonyl (C=O) groups excluding carboxylic acids is 1. The highest BCUT2D eigenvalue weighted by Crippen LogP contribution is 2.17. The van der Waals surface area contributed by atoms with E-state index in [-0.39, 0.29) is 23.5 Å². The van der Waals surface area contributed by atoms with E-state index in [1.807, 2.05) is 38.2 Å². The third-order valence-electron chi connectivity index (χ3n) is 4.18. The molecule has 0 saturated heterocycles. The maximum absolute atomic E-state index is 12.7. The molecule has 0 saturated carbocycles. The van der Waals surface area contributed by atoms with Crippen LogP contribution in [0, 0.1) is 0 Å². The summed E-state index contributed by atoms with van der Waals surface area (Å²) in [4.78, 5) is 16.5. The molecular weight excluding hydrogens is 324 g/mol. The van der Waals surface area contributed by atoms with Gasteiger partial charge in [-0.2, -0.15) is 0 Å². The molecule has 1 rings (SSSR count). The second kappa shape index (κ2) is 9.06. The van der Waals surface area contributed by atoms with Crippen molar-refractivity contribution in [2.45, 2.75) is 40.2 Å². The fourth-order valence-corrected chi connectivity index (χ4v) is 3.87. The number of hydrogen-bond donors (Lipinski definition) is 0.